The fraction of sp³-hybridized carbons (Fsp3) is 0.529. The van der Waals surface area contributed by atoms with Gasteiger partial charge in [-0.25, -0.2) is 4.98 Å². The lowest BCUT2D eigenvalue weighted by molar-refractivity contribution is -0.00314. The lowest BCUT2D eigenvalue weighted by Crippen LogP contribution is -2.58. The summed E-state index contributed by atoms with van der Waals surface area (Å²) in [5.74, 6) is 1.24. The van der Waals surface area contributed by atoms with Crippen molar-refractivity contribution >= 4 is 16.8 Å². The average Bonchev–Trinajstić information content (AvgIpc) is 2.95. The molecule has 0 bridgehead atoms. The number of aromatic nitrogens is 1. The topological polar surface area (TPSA) is 77.5 Å². The second-order valence-corrected chi connectivity index (χ2v) is 13.0. The molecule has 2 unspecified atom stereocenters. The van der Waals surface area contributed by atoms with Crippen molar-refractivity contribution in [2.45, 2.75) is 83.0 Å². The normalized spacial score (nSPS) is 23.4. The lowest BCUT2D eigenvalue weighted by Gasteiger charge is -2.48. The summed E-state index contributed by atoms with van der Waals surface area (Å²) in [6.45, 7) is 9.12. The number of fused-ring (bicyclic) bond motifs is 2. The number of nitrogens with zero attached hydrogens (tertiary/aromatic N) is 2. The van der Waals surface area contributed by atoms with Crippen molar-refractivity contribution in [2.75, 3.05) is 19.6 Å². The molecule has 5 rings (SSSR count). The van der Waals surface area contributed by atoms with Gasteiger partial charge >= 0.3 is 0 Å². The molecule has 1 aliphatic carbocycles. The van der Waals surface area contributed by atoms with Gasteiger partial charge in [0.2, 0.25) is 0 Å². The Morgan fingerprint density at radius 2 is 1.73 bits per heavy atom. The van der Waals surface area contributed by atoms with Gasteiger partial charge in [-0.3, -0.25) is 9.69 Å². The molecule has 1 saturated carbocycles. The maximum Gasteiger partial charge on any atom is 0.270 e. The zero-order valence-electron chi connectivity index (χ0n) is 24.4. The molecule has 2 heterocycles. The highest BCUT2D eigenvalue weighted by Crippen LogP contribution is 2.38. The molecule has 214 valence electrons. The van der Waals surface area contributed by atoms with Gasteiger partial charge in [0.1, 0.15) is 5.69 Å². The highest BCUT2D eigenvalue weighted by Gasteiger charge is 2.38. The summed E-state index contributed by atoms with van der Waals surface area (Å²) in [5, 5.41) is 19.6. The van der Waals surface area contributed by atoms with E-state index in [2.05, 4.69) is 53.4 Å². The quantitative estimate of drug-likeness (QED) is 0.346. The number of nitrogens with one attached hydrogen (secondary N) is 2. The van der Waals surface area contributed by atoms with Crippen LogP contribution in [0.2, 0.25) is 0 Å². The third kappa shape index (κ3) is 7.48. The van der Waals surface area contributed by atoms with Crippen molar-refractivity contribution < 1.29 is 9.90 Å². The van der Waals surface area contributed by atoms with E-state index < -0.39 is 12.1 Å². The molecule has 3 aromatic rings. The van der Waals surface area contributed by atoms with E-state index in [-0.39, 0.29) is 11.4 Å². The van der Waals surface area contributed by atoms with Crippen LogP contribution in [-0.2, 0) is 6.42 Å². The summed E-state index contributed by atoms with van der Waals surface area (Å²) >= 11 is 0. The minimum Gasteiger partial charge on any atom is -0.390 e. The number of amides is 1. The summed E-state index contributed by atoms with van der Waals surface area (Å²) in [5.41, 5.74) is 2.30. The van der Waals surface area contributed by atoms with E-state index in [1.807, 2.05) is 48.5 Å². The number of aliphatic hydroxyl groups is 1. The summed E-state index contributed by atoms with van der Waals surface area (Å²) < 4.78 is 0. The van der Waals surface area contributed by atoms with Crippen molar-refractivity contribution in [3.05, 3.63) is 78.0 Å². The molecule has 2 aliphatic rings. The molecule has 2 aromatic carbocycles. The number of pyridine rings is 1. The molecule has 1 aliphatic heterocycles. The number of β-amino-alcohol motifs (C(OH)–C–C–N with tert-alkyl or cyclic N) is 1. The summed E-state index contributed by atoms with van der Waals surface area (Å²) in [6.07, 6.45) is 6.31. The number of rotatable bonds is 9. The van der Waals surface area contributed by atoms with E-state index in [4.69, 9.17) is 0 Å². The second kappa shape index (κ2) is 12.8. The van der Waals surface area contributed by atoms with Crippen molar-refractivity contribution in [2.24, 2.45) is 11.8 Å². The van der Waals surface area contributed by atoms with E-state index in [0.717, 1.165) is 35.5 Å². The number of para-hydroxylation sites is 1. The first-order valence-electron chi connectivity index (χ1n) is 15.1. The van der Waals surface area contributed by atoms with Gasteiger partial charge in [-0.15, -0.1) is 0 Å². The van der Waals surface area contributed by atoms with E-state index in [1.54, 1.807) is 6.07 Å². The van der Waals surface area contributed by atoms with Crippen LogP contribution in [-0.4, -0.2) is 64.3 Å². The van der Waals surface area contributed by atoms with Crippen LogP contribution in [0.15, 0.2) is 66.7 Å². The standard InChI is InChI=1S/C34H46N4O2/c1-34(2,3)35-21-28-20-26-14-7-8-15-27(26)22-38(28)23-32(39)31(19-24-11-5-4-6-12-24)37-33(40)30-18-17-25-13-9-10-16-29(25)36-30/h4-6,9-13,16-18,26-28,31-32,35,39H,7-8,14-15,19-23H2,1-3H3,(H,37,40)/t26?,27?,28-,31-,32+/m0/s1. The van der Waals surface area contributed by atoms with E-state index in [0.29, 0.717) is 30.6 Å². The van der Waals surface area contributed by atoms with Gasteiger partial charge in [-0.1, -0.05) is 73.9 Å². The predicted molar refractivity (Wildman–Crippen MR) is 162 cm³/mol. The van der Waals surface area contributed by atoms with Crippen LogP contribution in [0.3, 0.4) is 0 Å². The zero-order valence-corrected chi connectivity index (χ0v) is 24.4. The van der Waals surface area contributed by atoms with Gasteiger partial charge in [0.05, 0.1) is 17.7 Å². The molecule has 40 heavy (non-hydrogen) atoms. The molecule has 1 aromatic heterocycles. The molecule has 5 atom stereocenters. The number of hydrogen-bond acceptors (Lipinski definition) is 5. The van der Waals surface area contributed by atoms with Crippen LogP contribution in [0.1, 0.15) is 68.9 Å². The maximum atomic E-state index is 13.4. The fourth-order valence-corrected chi connectivity index (χ4v) is 6.60. The summed E-state index contributed by atoms with van der Waals surface area (Å²) in [7, 11) is 0. The Labute approximate surface area is 239 Å². The largest absolute Gasteiger partial charge is 0.390 e. The molecule has 0 spiro atoms. The average molecular weight is 543 g/mol. The highest BCUT2D eigenvalue weighted by molar-refractivity contribution is 5.95. The second-order valence-electron chi connectivity index (χ2n) is 13.0. The smallest absolute Gasteiger partial charge is 0.270 e. The van der Waals surface area contributed by atoms with Gasteiger partial charge in [0.15, 0.2) is 0 Å². The van der Waals surface area contributed by atoms with Crippen molar-refractivity contribution in [1.82, 2.24) is 20.5 Å². The van der Waals surface area contributed by atoms with Crippen LogP contribution in [0.25, 0.3) is 10.9 Å². The van der Waals surface area contributed by atoms with Gasteiger partial charge in [0, 0.05) is 36.6 Å². The third-order valence-corrected chi connectivity index (χ3v) is 8.83. The number of aliphatic hydroxyl groups excluding tert-OH is 1. The Morgan fingerprint density at radius 1 is 1.00 bits per heavy atom. The number of likely N-dealkylation sites (tertiary alicyclic amines) is 1. The first-order chi connectivity index (χ1) is 19.2. The highest BCUT2D eigenvalue weighted by atomic mass is 16.3. The minimum absolute atomic E-state index is 0.0460. The summed E-state index contributed by atoms with van der Waals surface area (Å²) in [6, 6.07) is 21.6. The molecule has 6 nitrogen and oxygen atoms in total. The Bertz CT molecular complexity index is 1260. The number of hydrogen-bond donors (Lipinski definition) is 3. The van der Waals surface area contributed by atoms with Gasteiger partial charge in [0.25, 0.3) is 5.91 Å². The Morgan fingerprint density at radius 3 is 2.50 bits per heavy atom. The van der Waals surface area contributed by atoms with E-state index in [1.165, 1.54) is 32.1 Å². The number of carbonyl (C=O) groups excluding carboxylic acids is 1. The molecule has 3 N–H and O–H groups in total. The van der Waals surface area contributed by atoms with Crippen molar-refractivity contribution in [1.29, 1.82) is 0 Å². The summed E-state index contributed by atoms with van der Waals surface area (Å²) in [4.78, 5) is 20.6. The Kier molecular flexibility index (Phi) is 9.19. The molecular formula is C34H46N4O2. The van der Waals surface area contributed by atoms with Crippen LogP contribution >= 0.6 is 0 Å². The lowest BCUT2D eigenvalue weighted by atomic mass is 9.72. The van der Waals surface area contributed by atoms with Gasteiger partial charge in [-0.2, -0.15) is 0 Å². The molecule has 1 saturated heterocycles. The number of piperidine rings is 1. The van der Waals surface area contributed by atoms with Crippen LogP contribution in [0.5, 0.6) is 0 Å². The van der Waals surface area contributed by atoms with Crippen LogP contribution < -0.4 is 10.6 Å². The first kappa shape index (κ1) is 28.7. The molecule has 2 fully saturated rings. The predicted octanol–water partition coefficient (Wildman–Crippen LogP) is 5.21. The van der Waals surface area contributed by atoms with Crippen LogP contribution in [0, 0.1) is 11.8 Å². The Hall–Kier alpha value is -2.80. The molecular weight excluding hydrogens is 496 g/mol. The molecule has 6 heteroatoms. The zero-order chi connectivity index (χ0) is 28.1. The molecule has 1 amide bonds. The minimum atomic E-state index is -0.707. The maximum absolute atomic E-state index is 13.4. The SMILES string of the molecule is CC(C)(C)NC[C@@H]1CC2CCCCC2CN1C[C@@H](O)[C@H](Cc1ccccc1)NC(=O)c1ccc2ccccc2n1. The first-order valence-corrected chi connectivity index (χ1v) is 15.1. The monoisotopic (exact) mass is 542 g/mol. The fourth-order valence-electron chi connectivity index (χ4n) is 6.60. The van der Waals surface area contributed by atoms with E-state index in [9.17, 15) is 9.90 Å². The van der Waals surface area contributed by atoms with E-state index >= 15 is 0 Å². The molecule has 0 radical (unpaired) electrons. The Balaban J connectivity index is 1.34. The number of carbonyl (C=O) groups is 1. The van der Waals surface area contributed by atoms with Crippen molar-refractivity contribution in [3.63, 3.8) is 0 Å². The van der Waals surface area contributed by atoms with Crippen LogP contribution in [0.4, 0.5) is 0 Å². The number of benzene rings is 2. The van der Waals surface area contributed by atoms with Gasteiger partial charge in [-0.05, 0) is 69.6 Å². The third-order valence-electron chi connectivity index (χ3n) is 8.83. The van der Waals surface area contributed by atoms with Gasteiger partial charge < -0.3 is 15.7 Å². The van der Waals surface area contributed by atoms with Crippen molar-refractivity contribution in [3.8, 4) is 0 Å².